The molecule has 6 heteroatoms. The Balaban J connectivity index is 1.93. The summed E-state index contributed by atoms with van der Waals surface area (Å²) in [6, 6.07) is 3.76. The van der Waals surface area contributed by atoms with Crippen LogP contribution in [0.3, 0.4) is 0 Å². The van der Waals surface area contributed by atoms with Crippen molar-refractivity contribution in [2.75, 3.05) is 6.54 Å². The standard InChI is InChI=1S/C15H25N3O2S/c1-11(2)16-8-12-5-6-14(17-9-12)21(19,20)18-10-13-7-15(13,3)4/h5-6,9,11,13,16,18H,7-8,10H2,1-4H3. The summed E-state index contributed by atoms with van der Waals surface area (Å²) in [5.41, 5.74) is 1.24. The third-order valence-electron chi connectivity index (χ3n) is 4.02. The molecule has 0 aromatic carbocycles. The highest BCUT2D eigenvalue weighted by atomic mass is 32.2. The zero-order valence-corrected chi connectivity index (χ0v) is 14.0. The van der Waals surface area contributed by atoms with E-state index in [1.807, 2.05) is 0 Å². The lowest BCUT2D eigenvalue weighted by Gasteiger charge is -2.09. The molecule has 1 unspecified atom stereocenters. The van der Waals surface area contributed by atoms with Crippen LogP contribution in [-0.2, 0) is 16.6 Å². The van der Waals surface area contributed by atoms with Gasteiger partial charge in [0.05, 0.1) is 0 Å². The summed E-state index contributed by atoms with van der Waals surface area (Å²) in [4.78, 5) is 4.07. The second-order valence-electron chi connectivity index (χ2n) is 6.78. The van der Waals surface area contributed by atoms with Crippen LogP contribution in [0.1, 0.15) is 39.7 Å². The van der Waals surface area contributed by atoms with Crippen LogP contribution in [0.25, 0.3) is 0 Å². The van der Waals surface area contributed by atoms with Crippen molar-refractivity contribution in [1.29, 1.82) is 0 Å². The van der Waals surface area contributed by atoms with Crippen molar-refractivity contribution >= 4 is 10.0 Å². The second kappa shape index (κ2) is 6.02. The summed E-state index contributed by atoms with van der Waals surface area (Å²) in [5.74, 6) is 0.432. The molecule has 1 fully saturated rings. The van der Waals surface area contributed by atoms with Gasteiger partial charge >= 0.3 is 0 Å². The number of pyridine rings is 1. The van der Waals surface area contributed by atoms with E-state index in [-0.39, 0.29) is 10.4 Å². The zero-order chi connectivity index (χ0) is 15.7. The predicted molar refractivity (Wildman–Crippen MR) is 83.3 cm³/mol. The molecular formula is C15H25N3O2S. The normalized spacial score (nSPS) is 20.7. The van der Waals surface area contributed by atoms with Gasteiger partial charge in [-0.3, -0.25) is 0 Å². The van der Waals surface area contributed by atoms with E-state index >= 15 is 0 Å². The van der Waals surface area contributed by atoms with Crippen LogP contribution in [0.15, 0.2) is 23.4 Å². The van der Waals surface area contributed by atoms with Gasteiger partial charge in [0.2, 0.25) is 0 Å². The summed E-state index contributed by atoms with van der Waals surface area (Å²) in [6.45, 7) is 9.62. The second-order valence-corrected chi connectivity index (χ2v) is 8.50. The summed E-state index contributed by atoms with van der Waals surface area (Å²) in [7, 11) is -3.50. The number of hydrogen-bond acceptors (Lipinski definition) is 4. The number of nitrogens with one attached hydrogen (secondary N) is 2. The molecule has 1 aliphatic rings. The minimum atomic E-state index is -3.50. The van der Waals surface area contributed by atoms with E-state index < -0.39 is 10.0 Å². The third-order valence-corrected chi connectivity index (χ3v) is 5.36. The van der Waals surface area contributed by atoms with Crippen LogP contribution in [0.4, 0.5) is 0 Å². The van der Waals surface area contributed by atoms with Gasteiger partial charge in [0.1, 0.15) is 0 Å². The lowest BCUT2D eigenvalue weighted by atomic mass is 10.1. The van der Waals surface area contributed by atoms with E-state index in [0.29, 0.717) is 25.0 Å². The predicted octanol–water partition coefficient (Wildman–Crippen LogP) is 1.90. The number of sulfonamides is 1. The summed E-state index contributed by atoms with van der Waals surface area (Å²) in [6.07, 6.45) is 2.69. The van der Waals surface area contributed by atoms with Gasteiger partial charge in [-0.15, -0.1) is 0 Å². The largest absolute Gasteiger partial charge is 0.310 e. The Morgan fingerprint density at radius 1 is 1.38 bits per heavy atom. The SMILES string of the molecule is CC(C)NCc1ccc(S(=O)(=O)NCC2CC2(C)C)nc1. The molecule has 1 heterocycles. The molecule has 0 bridgehead atoms. The van der Waals surface area contributed by atoms with E-state index in [9.17, 15) is 8.42 Å². The monoisotopic (exact) mass is 311 g/mol. The molecule has 1 aliphatic carbocycles. The van der Waals surface area contributed by atoms with E-state index in [2.05, 4.69) is 42.7 Å². The van der Waals surface area contributed by atoms with Crippen LogP contribution in [0, 0.1) is 11.3 Å². The lowest BCUT2D eigenvalue weighted by Crippen LogP contribution is -2.27. The first kappa shape index (κ1) is 16.4. The van der Waals surface area contributed by atoms with E-state index in [1.54, 1.807) is 18.3 Å². The van der Waals surface area contributed by atoms with Gasteiger partial charge in [0.15, 0.2) is 5.03 Å². The molecule has 1 atom stereocenters. The minimum absolute atomic E-state index is 0.0919. The van der Waals surface area contributed by atoms with Gasteiger partial charge in [-0.25, -0.2) is 18.1 Å². The fourth-order valence-corrected chi connectivity index (χ4v) is 3.21. The average Bonchev–Trinajstić information content (AvgIpc) is 3.02. The van der Waals surface area contributed by atoms with E-state index in [0.717, 1.165) is 12.0 Å². The molecule has 1 aromatic rings. The molecule has 5 nitrogen and oxygen atoms in total. The molecule has 1 aromatic heterocycles. The Bertz CT molecular complexity index is 579. The summed E-state index contributed by atoms with van der Waals surface area (Å²) in [5, 5.41) is 3.36. The molecule has 0 spiro atoms. The fraction of sp³-hybridized carbons (Fsp3) is 0.667. The molecule has 0 radical (unpaired) electrons. The number of hydrogen-bond donors (Lipinski definition) is 2. The Labute approximate surface area is 127 Å². The number of nitrogens with zero attached hydrogens (tertiary/aromatic N) is 1. The molecule has 2 N–H and O–H groups in total. The third kappa shape index (κ3) is 4.49. The van der Waals surface area contributed by atoms with Crippen molar-refractivity contribution in [3.63, 3.8) is 0 Å². The molecule has 1 saturated carbocycles. The molecular weight excluding hydrogens is 286 g/mol. The first-order valence-electron chi connectivity index (χ1n) is 7.39. The van der Waals surface area contributed by atoms with E-state index in [4.69, 9.17) is 0 Å². The Kier molecular flexibility index (Phi) is 4.70. The van der Waals surface area contributed by atoms with Crippen LogP contribution < -0.4 is 10.0 Å². The molecule has 0 amide bonds. The first-order valence-corrected chi connectivity index (χ1v) is 8.87. The minimum Gasteiger partial charge on any atom is -0.310 e. The van der Waals surface area contributed by atoms with Crippen LogP contribution in [-0.4, -0.2) is 26.0 Å². The highest BCUT2D eigenvalue weighted by Crippen LogP contribution is 2.51. The topological polar surface area (TPSA) is 71.1 Å². The fourth-order valence-electron chi connectivity index (χ4n) is 2.21. The lowest BCUT2D eigenvalue weighted by molar-refractivity contribution is 0.536. The Morgan fingerprint density at radius 2 is 2.05 bits per heavy atom. The van der Waals surface area contributed by atoms with Gasteiger partial charge in [0, 0.05) is 25.3 Å². The summed E-state index contributed by atoms with van der Waals surface area (Å²) >= 11 is 0. The van der Waals surface area contributed by atoms with Gasteiger partial charge in [-0.2, -0.15) is 0 Å². The van der Waals surface area contributed by atoms with E-state index in [1.165, 1.54) is 0 Å². The summed E-state index contributed by atoms with van der Waals surface area (Å²) < 4.78 is 27.0. The maximum atomic E-state index is 12.2. The quantitative estimate of drug-likeness (QED) is 0.807. The Hall–Kier alpha value is -0.980. The average molecular weight is 311 g/mol. The zero-order valence-electron chi connectivity index (χ0n) is 13.2. The van der Waals surface area contributed by atoms with Crippen molar-refractivity contribution in [3.8, 4) is 0 Å². The highest BCUT2D eigenvalue weighted by Gasteiger charge is 2.45. The van der Waals surface area contributed by atoms with Gasteiger partial charge in [-0.05, 0) is 29.4 Å². The molecule has 0 aliphatic heterocycles. The smallest absolute Gasteiger partial charge is 0.258 e. The van der Waals surface area contributed by atoms with Crippen molar-refractivity contribution in [2.45, 2.75) is 51.7 Å². The maximum absolute atomic E-state index is 12.2. The molecule has 0 saturated heterocycles. The maximum Gasteiger partial charge on any atom is 0.258 e. The Morgan fingerprint density at radius 3 is 2.52 bits per heavy atom. The van der Waals surface area contributed by atoms with Gasteiger partial charge in [-0.1, -0.05) is 33.8 Å². The molecule has 2 rings (SSSR count). The molecule has 21 heavy (non-hydrogen) atoms. The highest BCUT2D eigenvalue weighted by molar-refractivity contribution is 7.89. The number of aromatic nitrogens is 1. The van der Waals surface area contributed by atoms with Crippen molar-refractivity contribution in [2.24, 2.45) is 11.3 Å². The van der Waals surface area contributed by atoms with Crippen molar-refractivity contribution in [3.05, 3.63) is 23.9 Å². The van der Waals surface area contributed by atoms with Crippen LogP contribution >= 0.6 is 0 Å². The van der Waals surface area contributed by atoms with Crippen molar-refractivity contribution < 1.29 is 8.42 Å². The first-order chi connectivity index (χ1) is 9.71. The van der Waals surface area contributed by atoms with Crippen LogP contribution in [0.5, 0.6) is 0 Å². The van der Waals surface area contributed by atoms with Gasteiger partial charge < -0.3 is 5.32 Å². The molecule has 118 valence electrons. The van der Waals surface area contributed by atoms with Crippen molar-refractivity contribution in [1.82, 2.24) is 15.0 Å². The number of rotatable bonds is 7. The van der Waals surface area contributed by atoms with Crippen LogP contribution in [0.2, 0.25) is 0 Å². The van der Waals surface area contributed by atoms with Gasteiger partial charge in [0.25, 0.3) is 10.0 Å².